The van der Waals surface area contributed by atoms with Gasteiger partial charge >= 0.3 is 0 Å². The molecule has 0 unspecified atom stereocenters. The van der Waals surface area contributed by atoms with Crippen LogP contribution in [0.4, 0.5) is 0 Å². The summed E-state index contributed by atoms with van der Waals surface area (Å²) in [4.78, 5) is 5.93. The summed E-state index contributed by atoms with van der Waals surface area (Å²) in [5, 5.41) is 0. The highest BCUT2D eigenvalue weighted by Gasteiger charge is 2.04. The number of nitrogens with zero attached hydrogens (tertiary/aromatic N) is 2. The number of hydrogen-bond donors (Lipinski definition) is 0. The minimum Gasteiger partial charge on any atom is -0.307 e. The van der Waals surface area contributed by atoms with Gasteiger partial charge in [-0.05, 0) is 36.8 Å². The molecule has 3 rings (SSSR count). The minimum atomic E-state index is 0.886. The number of aryl methyl sites for hydroxylation is 1. The van der Waals surface area contributed by atoms with Crippen molar-refractivity contribution in [2.75, 3.05) is 0 Å². The van der Waals surface area contributed by atoms with E-state index in [0.717, 1.165) is 21.6 Å². The molecule has 0 aliphatic rings. The SMILES string of the molecule is Cc1cccn2cc(CSc3cccc(Br)c3)nc12. The number of benzene rings is 1. The van der Waals surface area contributed by atoms with Crippen LogP contribution in [-0.2, 0) is 5.75 Å². The van der Waals surface area contributed by atoms with Gasteiger partial charge < -0.3 is 4.40 Å². The molecule has 0 aliphatic heterocycles. The number of pyridine rings is 1. The third kappa shape index (κ3) is 2.85. The van der Waals surface area contributed by atoms with Crippen LogP contribution in [-0.4, -0.2) is 9.38 Å². The third-order valence-corrected chi connectivity index (χ3v) is 4.43. The van der Waals surface area contributed by atoms with E-state index in [9.17, 15) is 0 Å². The first-order valence-corrected chi connectivity index (χ1v) is 7.82. The quantitative estimate of drug-likeness (QED) is 0.647. The zero-order valence-corrected chi connectivity index (χ0v) is 12.9. The highest BCUT2D eigenvalue weighted by molar-refractivity contribution is 9.10. The minimum absolute atomic E-state index is 0.886. The molecule has 0 saturated heterocycles. The van der Waals surface area contributed by atoms with Crippen molar-refractivity contribution in [3.63, 3.8) is 0 Å². The molecule has 4 heteroatoms. The van der Waals surface area contributed by atoms with Crippen LogP contribution in [0.5, 0.6) is 0 Å². The average Bonchev–Trinajstić information content (AvgIpc) is 2.81. The summed E-state index contributed by atoms with van der Waals surface area (Å²) < 4.78 is 3.20. The van der Waals surface area contributed by atoms with E-state index in [1.165, 1.54) is 10.5 Å². The van der Waals surface area contributed by atoms with Crippen molar-refractivity contribution in [2.45, 2.75) is 17.6 Å². The largest absolute Gasteiger partial charge is 0.307 e. The fourth-order valence-corrected chi connectivity index (χ4v) is 3.38. The second kappa shape index (κ2) is 5.39. The summed E-state index contributed by atoms with van der Waals surface area (Å²) >= 11 is 5.30. The summed E-state index contributed by atoms with van der Waals surface area (Å²) in [7, 11) is 0. The molecule has 19 heavy (non-hydrogen) atoms. The fourth-order valence-electron chi connectivity index (χ4n) is 1.99. The molecule has 0 spiro atoms. The molecule has 0 N–H and O–H groups in total. The maximum Gasteiger partial charge on any atom is 0.139 e. The van der Waals surface area contributed by atoms with Crippen molar-refractivity contribution in [3.05, 3.63) is 64.5 Å². The monoisotopic (exact) mass is 332 g/mol. The lowest BCUT2D eigenvalue weighted by molar-refractivity contribution is 1.16. The predicted molar refractivity (Wildman–Crippen MR) is 83.6 cm³/mol. The van der Waals surface area contributed by atoms with Crippen molar-refractivity contribution in [3.8, 4) is 0 Å². The highest BCUT2D eigenvalue weighted by atomic mass is 79.9. The van der Waals surface area contributed by atoms with E-state index < -0.39 is 0 Å². The van der Waals surface area contributed by atoms with Crippen LogP contribution in [0.1, 0.15) is 11.3 Å². The van der Waals surface area contributed by atoms with Gasteiger partial charge in [-0.25, -0.2) is 4.98 Å². The molecular weight excluding hydrogens is 320 g/mol. The van der Waals surface area contributed by atoms with Gasteiger partial charge in [-0.2, -0.15) is 0 Å². The number of hydrogen-bond acceptors (Lipinski definition) is 2. The molecule has 0 atom stereocenters. The maximum atomic E-state index is 4.68. The summed E-state index contributed by atoms with van der Waals surface area (Å²) in [5.41, 5.74) is 3.37. The van der Waals surface area contributed by atoms with Crippen LogP contribution in [0.15, 0.2) is 58.2 Å². The zero-order chi connectivity index (χ0) is 13.2. The predicted octanol–water partition coefficient (Wildman–Crippen LogP) is 4.70. The Morgan fingerprint density at radius 2 is 2.16 bits per heavy atom. The molecule has 0 amide bonds. The lowest BCUT2D eigenvalue weighted by Gasteiger charge is -1.99. The molecule has 0 saturated carbocycles. The molecule has 96 valence electrons. The number of aromatic nitrogens is 2. The average molecular weight is 333 g/mol. The summed E-state index contributed by atoms with van der Waals surface area (Å²) in [5.74, 6) is 0.886. The standard InChI is InChI=1S/C15H13BrN2S/c1-11-4-3-7-18-9-13(17-15(11)18)10-19-14-6-2-5-12(16)8-14/h2-9H,10H2,1H3. The number of thioether (sulfide) groups is 1. The smallest absolute Gasteiger partial charge is 0.139 e. The van der Waals surface area contributed by atoms with Gasteiger partial charge in [0.2, 0.25) is 0 Å². The van der Waals surface area contributed by atoms with Crippen molar-refractivity contribution in [1.82, 2.24) is 9.38 Å². The molecule has 0 aliphatic carbocycles. The lowest BCUT2D eigenvalue weighted by Crippen LogP contribution is -1.84. The van der Waals surface area contributed by atoms with Crippen molar-refractivity contribution in [2.24, 2.45) is 0 Å². The fraction of sp³-hybridized carbons (Fsp3) is 0.133. The van der Waals surface area contributed by atoms with Crippen LogP contribution >= 0.6 is 27.7 Å². The van der Waals surface area contributed by atoms with E-state index in [0.29, 0.717) is 0 Å². The second-order valence-corrected chi connectivity index (χ2v) is 6.36. The Bertz CT molecular complexity index is 721. The van der Waals surface area contributed by atoms with E-state index in [1.54, 1.807) is 11.8 Å². The van der Waals surface area contributed by atoms with E-state index >= 15 is 0 Å². The first-order valence-electron chi connectivity index (χ1n) is 6.04. The first-order chi connectivity index (χ1) is 9.22. The van der Waals surface area contributed by atoms with Gasteiger partial charge in [-0.3, -0.25) is 0 Å². The summed E-state index contributed by atoms with van der Waals surface area (Å²) in [6.45, 7) is 2.09. The Morgan fingerprint density at radius 3 is 2.95 bits per heavy atom. The highest BCUT2D eigenvalue weighted by Crippen LogP contribution is 2.25. The lowest BCUT2D eigenvalue weighted by atomic mass is 10.3. The molecule has 3 aromatic rings. The Morgan fingerprint density at radius 1 is 1.26 bits per heavy atom. The van der Waals surface area contributed by atoms with E-state index in [4.69, 9.17) is 0 Å². The van der Waals surface area contributed by atoms with Crippen molar-refractivity contribution in [1.29, 1.82) is 0 Å². The van der Waals surface area contributed by atoms with Crippen LogP contribution in [0.3, 0.4) is 0 Å². The van der Waals surface area contributed by atoms with Crippen molar-refractivity contribution >= 4 is 33.3 Å². The molecular formula is C15H13BrN2S. The molecule has 2 heterocycles. The number of fused-ring (bicyclic) bond motifs is 1. The first kappa shape index (κ1) is 12.8. The Balaban J connectivity index is 1.80. The van der Waals surface area contributed by atoms with Gasteiger partial charge in [0.15, 0.2) is 0 Å². The number of imidazole rings is 1. The van der Waals surface area contributed by atoms with E-state index in [-0.39, 0.29) is 0 Å². The van der Waals surface area contributed by atoms with Crippen molar-refractivity contribution < 1.29 is 0 Å². The molecule has 0 fully saturated rings. The van der Waals surface area contributed by atoms with Crippen LogP contribution in [0.2, 0.25) is 0 Å². The molecule has 1 aromatic carbocycles. The van der Waals surface area contributed by atoms with Gasteiger partial charge in [-0.15, -0.1) is 11.8 Å². The topological polar surface area (TPSA) is 17.3 Å². The molecule has 2 nitrogen and oxygen atoms in total. The van der Waals surface area contributed by atoms with Gasteiger partial charge in [-0.1, -0.05) is 28.1 Å². The van der Waals surface area contributed by atoms with E-state index in [1.807, 2.05) is 12.3 Å². The molecule has 0 bridgehead atoms. The summed E-state index contributed by atoms with van der Waals surface area (Å²) in [6.07, 6.45) is 4.15. The number of halogens is 1. The molecule has 2 aromatic heterocycles. The normalized spacial score (nSPS) is 11.1. The van der Waals surface area contributed by atoms with Gasteiger partial charge in [0, 0.05) is 27.5 Å². The van der Waals surface area contributed by atoms with E-state index in [2.05, 4.69) is 68.8 Å². The van der Waals surface area contributed by atoms with Crippen LogP contribution in [0, 0.1) is 6.92 Å². The Kier molecular flexibility index (Phi) is 3.62. The zero-order valence-electron chi connectivity index (χ0n) is 10.5. The maximum absolute atomic E-state index is 4.68. The molecule has 0 radical (unpaired) electrons. The van der Waals surface area contributed by atoms with Gasteiger partial charge in [0.1, 0.15) is 5.65 Å². The third-order valence-electron chi connectivity index (χ3n) is 2.91. The van der Waals surface area contributed by atoms with Crippen LogP contribution in [0.25, 0.3) is 5.65 Å². The number of rotatable bonds is 3. The summed E-state index contributed by atoms with van der Waals surface area (Å²) in [6, 6.07) is 12.5. The Hall–Kier alpha value is -1.26. The van der Waals surface area contributed by atoms with Gasteiger partial charge in [0.25, 0.3) is 0 Å². The second-order valence-electron chi connectivity index (χ2n) is 4.40. The van der Waals surface area contributed by atoms with Crippen LogP contribution < -0.4 is 0 Å². The Labute approximate surface area is 125 Å². The van der Waals surface area contributed by atoms with Gasteiger partial charge in [0.05, 0.1) is 5.69 Å².